The van der Waals surface area contributed by atoms with Gasteiger partial charge in [-0.05, 0) is 36.6 Å². The topological polar surface area (TPSA) is 55.1 Å². The van der Waals surface area contributed by atoms with Crippen LogP contribution in [0.4, 0.5) is 0 Å². The first kappa shape index (κ1) is 12.0. The van der Waals surface area contributed by atoms with Gasteiger partial charge in [-0.1, -0.05) is 0 Å². The van der Waals surface area contributed by atoms with Crippen LogP contribution >= 0.6 is 11.8 Å². The summed E-state index contributed by atoms with van der Waals surface area (Å²) in [4.78, 5) is 15.2. The number of hydrogen-bond acceptors (Lipinski definition) is 3. The molecule has 17 heavy (non-hydrogen) atoms. The first-order valence-corrected chi connectivity index (χ1v) is 6.79. The molecule has 0 aliphatic heterocycles. The predicted molar refractivity (Wildman–Crippen MR) is 69.7 cm³/mol. The number of imidazole rings is 1. The predicted octanol–water partition coefficient (Wildman–Crippen LogP) is 2.49. The Morgan fingerprint density at radius 2 is 2.35 bits per heavy atom. The van der Waals surface area contributed by atoms with Gasteiger partial charge in [0.05, 0.1) is 22.9 Å². The number of benzene rings is 1. The number of aromatic nitrogens is 2. The summed E-state index contributed by atoms with van der Waals surface area (Å²) in [6.45, 7) is 0.875. The van der Waals surface area contributed by atoms with Gasteiger partial charge in [0.2, 0.25) is 0 Å². The van der Waals surface area contributed by atoms with Crippen molar-refractivity contribution in [2.24, 2.45) is 0 Å². The van der Waals surface area contributed by atoms with E-state index < -0.39 is 5.97 Å². The maximum atomic E-state index is 10.9. The summed E-state index contributed by atoms with van der Waals surface area (Å²) in [5.74, 6) is 0.196. The Labute approximate surface area is 104 Å². The van der Waals surface area contributed by atoms with Crippen molar-refractivity contribution < 1.29 is 9.90 Å². The number of aromatic carboxylic acids is 1. The second kappa shape index (κ2) is 5.23. The molecule has 0 aliphatic rings. The van der Waals surface area contributed by atoms with Crippen LogP contribution in [-0.2, 0) is 6.54 Å². The van der Waals surface area contributed by atoms with E-state index in [1.807, 2.05) is 16.3 Å². The van der Waals surface area contributed by atoms with Gasteiger partial charge in [0.25, 0.3) is 0 Å². The van der Waals surface area contributed by atoms with Gasteiger partial charge in [-0.15, -0.1) is 0 Å². The molecule has 0 amide bonds. The van der Waals surface area contributed by atoms with Gasteiger partial charge in [0.1, 0.15) is 0 Å². The number of aryl methyl sites for hydroxylation is 1. The second-order valence-electron chi connectivity index (χ2n) is 3.79. The molecule has 1 heterocycles. The SMILES string of the molecule is CSCCCn1cnc2ccc(C(=O)O)cc21. The van der Waals surface area contributed by atoms with Crippen LogP contribution < -0.4 is 0 Å². The number of hydrogen-bond donors (Lipinski definition) is 1. The Bertz CT molecular complexity index is 536. The van der Waals surface area contributed by atoms with Crippen molar-refractivity contribution in [2.75, 3.05) is 12.0 Å². The van der Waals surface area contributed by atoms with Crippen LogP contribution in [0.15, 0.2) is 24.5 Å². The van der Waals surface area contributed by atoms with E-state index >= 15 is 0 Å². The van der Waals surface area contributed by atoms with Crippen LogP contribution in [0.5, 0.6) is 0 Å². The first-order valence-electron chi connectivity index (χ1n) is 5.39. The minimum absolute atomic E-state index is 0.309. The molecule has 0 atom stereocenters. The van der Waals surface area contributed by atoms with Gasteiger partial charge in [-0.3, -0.25) is 0 Å². The highest BCUT2D eigenvalue weighted by atomic mass is 32.2. The molecule has 0 saturated carbocycles. The maximum Gasteiger partial charge on any atom is 0.335 e. The van der Waals surface area contributed by atoms with Gasteiger partial charge in [-0.2, -0.15) is 11.8 Å². The molecule has 0 saturated heterocycles. The number of rotatable bonds is 5. The van der Waals surface area contributed by atoms with Crippen molar-refractivity contribution in [3.05, 3.63) is 30.1 Å². The largest absolute Gasteiger partial charge is 0.478 e. The molecule has 0 bridgehead atoms. The fourth-order valence-electron chi connectivity index (χ4n) is 1.75. The van der Waals surface area contributed by atoms with Gasteiger partial charge >= 0.3 is 5.97 Å². The number of fused-ring (bicyclic) bond motifs is 1. The molecule has 2 aromatic rings. The summed E-state index contributed by atoms with van der Waals surface area (Å²) in [6.07, 6.45) is 4.91. The Balaban J connectivity index is 2.30. The Morgan fingerprint density at radius 1 is 1.53 bits per heavy atom. The molecule has 4 nitrogen and oxygen atoms in total. The molecular formula is C12H14N2O2S. The summed E-state index contributed by atoms with van der Waals surface area (Å²) in [5, 5.41) is 8.95. The van der Waals surface area contributed by atoms with Crippen molar-refractivity contribution in [1.82, 2.24) is 9.55 Å². The third-order valence-electron chi connectivity index (χ3n) is 2.62. The van der Waals surface area contributed by atoms with Crippen molar-refractivity contribution >= 4 is 28.8 Å². The van der Waals surface area contributed by atoms with Gasteiger partial charge in [0.15, 0.2) is 0 Å². The Hall–Kier alpha value is -1.49. The maximum absolute atomic E-state index is 10.9. The fourth-order valence-corrected chi connectivity index (χ4v) is 2.16. The number of carboxylic acids is 1. The molecule has 0 radical (unpaired) electrons. The average Bonchev–Trinajstić information content (AvgIpc) is 2.72. The van der Waals surface area contributed by atoms with Crippen molar-refractivity contribution in [3.8, 4) is 0 Å². The van der Waals surface area contributed by atoms with E-state index in [0.29, 0.717) is 5.56 Å². The summed E-state index contributed by atoms with van der Waals surface area (Å²) >= 11 is 1.81. The molecule has 0 aliphatic carbocycles. The van der Waals surface area contributed by atoms with Crippen LogP contribution in [0.3, 0.4) is 0 Å². The van der Waals surface area contributed by atoms with Gasteiger partial charge in [-0.25, -0.2) is 9.78 Å². The number of nitrogens with zero attached hydrogens (tertiary/aromatic N) is 2. The third kappa shape index (κ3) is 2.61. The van der Waals surface area contributed by atoms with E-state index in [9.17, 15) is 4.79 Å². The molecule has 1 aromatic heterocycles. The van der Waals surface area contributed by atoms with Crippen LogP contribution in [-0.4, -0.2) is 32.6 Å². The average molecular weight is 250 g/mol. The van der Waals surface area contributed by atoms with E-state index in [4.69, 9.17) is 5.11 Å². The Morgan fingerprint density at radius 3 is 3.06 bits per heavy atom. The second-order valence-corrected chi connectivity index (χ2v) is 4.78. The normalized spacial score (nSPS) is 10.9. The third-order valence-corrected chi connectivity index (χ3v) is 3.31. The molecule has 1 aromatic carbocycles. The van der Waals surface area contributed by atoms with Crippen molar-refractivity contribution in [3.63, 3.8) is 0 Å². The molecular weight excluding hydrogens is 236 g/mol. The molecule has 90 valence electrons. The van der Waals surface area contributed by atoms with Gasteiger partial charge < -0.3 is 9.67 Å². The number of carboxylic acid groups (broad SMARTS) is 1. The fraction of sp³-hybridized carbons (Fsp3) is 0.333. The van der Waals surface area contributed by atoms with E-state index in [1.54, 1.807) is 24.5 Å². The zero-order chi connectivity index (χ0) is 12.3. The van der Waals surface area contributed by atoms with Crippen molar-refractivity contribution in [2.45, 2.75) is 13.0 Å². The zero-order valence-corrected chi connectivity index (χ0v) is 10.4. The van der Waals surface area contributed by atoms with E-state index in [2.05, 4.69) is 11.2 Å². The van der Waals surface area contributed by atoms with Crippen LogP contribution in [0.1, 0.15) is 16.8 Å². The summed E-state index contributed by atoms with van der Waals surface area (Å²) in [5.41, 5.74) is 2.05. The summed E-state index contributed by atoms with van der Waals surface area (Å²) < 4.78 is 2.01. The lowest BCUT2D eigenvalue weighted by atomic mass is 10.2. The summed E-state index contributed by atoms with van der Waals surface area (Å²) in [6, 6.07) is 5.03. The van der Waals surface area contributed by atoms with Crippen LogP contribution in [0.25, 0.3) is 11.0 Å². The summed E-state index contributed by atoms with van der Waals surface area (Å²) in [7, 11) is 0. The quantitative estimate of drug-likeness (QED) is 0.828. The van der Waals surface area contributed by atoms with Crippen LogP contribution in [0, 0.1) is 0 Å². The highest BCUT2D eigenvalue weighted by molar-refractivity contribution is 7.98. The molecule has 5 heteroatoms. The number of thioether (sulfide) groups is 1. The lowest BCUT2D eigenvalue weighted by Crippen LogP contribution is -1.99. The lowest BCUT2D eigenvalue weighted by Gasteiger charge is -2.03. The first-order chi connectivity index (χ1) is 8.22. The van der Waals surface area contributed by atoms with Crippen LogP contribution in [0.2, 0.25) is 0 Å². The monoisotopic (exact) mass is 250 g/mol. The minimum atomic E-state index is -0.899. The zero-order valence-electron chi connectivity index (χ0n) is 9.59. The molecule has 0 unspecified atom stereocenters. The standard InChI is InChI=1S/C12H14N2O2S/c1-17-6-2-5-14-8-13-10-4-3-9(12(15)16)7-11(10)14/h3-4,7-8H,2,5-6H2,1H3,(H,15,16). The van der Waals surface area contributed by atoms with E-state index in [0.717, 1.165) is 29.8 Å². The number of carbonyl (C=O) groups is 1. The minimum Gasteiger partial charge on any atom is -0.478 e. The Kier molecular flexibility index (Phi) is 3.68. The van der Waals surface area contributed by atoms with E-state index in [-0.39, 0.29) is 0 Å². The molecule has 2 rings (SSSR count). The molecule has 0 fully saturated rings. The van der Waals surface area contributed by atoms with Crippen molar-refractivity contribution in [1.29, 1.82) is 0 Å². The lowest BCUT2D eigenvalue weighted by molar-refractivity contribution is 0.0697. The molecule has 0 spiro atoms. The van der Waals surface area contributed by atoms with E-state index in [1.165, 1.54) is 0 Å². The smallest absolute Gasteiger partial charge is 0.335 e. The highest BCUT2D eigenvalue weighted by Crippen LogP contribution is 2.16. The highest BCUT2D eigenvalue weighted by Gasteiger charge is 2.07. The molecule has 1 N–H and O–H groups in total. The van der Waals surface area contributed by atoms with Gasteiger partial charge in [0, 0.05) is 6.54 Å².